The van der Waals surface area contributed by atoms with Crippen molar-refractivity contribution in [1.29, 1.82) is 0 Å². The number of hydrogen-bond acceptors (Lipinski definition) is 3. The maximum absolute atomic E-state index is 12.1. The summed E-state index contributed by atoms with van der Waals surface area (Å²) < 4.78 is 0. The van der Waals surface area contributed by atoms with Crippen LogP contribution in [-0.2, 0) is 0 Å². The van der Waals surface area contributed by atoms with E-state index in [4.69, 9.17) is 0 Å². The zero-order valence-electron chi connectivity index (χ0n) is 10.2. The summed E-state index contributed by atoms with van der Waals surface area (Å²) in [5, 5.41) is 0. The summed E-state index contributed by atoms with van der Waals surface area (Å²) in [7, 11) is 2.05. The lowest BCUT2D eigenvalue weighted by atomic mass is 10.2. The molecule has 0 spiro atoms. The quantitative estimate of drug-likeness (QED) is 0.760. The summed E-state index contributed by atoms with van der Waals surface area (Å²) in [5.74, 6) is -0.0192. The van der Waals surface area contributed by atoms with Gasteiger partial charge in [0.1, 0.15) is 5.69 Å². The third kappa shape index (κ3) is 2.39. The Morgan fingerprint density at radius 3 is 2.53 bits per heavy atom. The lowest BCUT2D eigenvalue weighted by Crippen LogP contribution is -2.47. The molecule has 1 fully saturated rings. The van der Waals surface area contributed by atoms with Crippen LogP contribution in [0.1, 0.15) is 26.5 Å². The molecular formula is C12H17N3O2. The van der Waals surface area contributed by atoms with Crippen LogP contribution in [0.25, 0.3) is 0 Å². The third-order valence-electron chi connectivity index (χ3n) is 3.19. The van der Waals surface area contributed by atoms with Gasteiger partial charge in [-0.05, 0) is 25.6 Å². The van der Waals surface area contributed by atoms with Crippen LogP contribution in [0.15, 0.2) is 6.07 Å². The second-order valence-corrected chi connectivity index (χ2v) is 4.49. The van der Waals surface area contributed by atoms with E-state index in [2.05, 4.69) is 9.88 Å². The van der Waals surface area contributed by atoms with Gasteiger partial charge in [-0.25, -0.2) is 0 Å². The molecule has 1 N–H and O–H groups in total. The van der Waals surface area contributed by atoms with Gasteiger partial charge in [0.05, 0.1) is 5.69 Å². The molecule has 2 heterocycles. The number of piperazine rings is 1. The number of aromatic nitrogens is 1. The highest BCUT2D eigenvalue weighted by Gasteiger charge is 2.21. The molecule has 1 amide bonds. The van der Waals surface area contributed by atoms with Gasteiger partial charge in [0.25, 0.3) is 5.91 Å². The number of aryl methyl sites for hydroxylation is 1. The number of hydrogen-bond donors (Lipinski definition) is 1. The second-order valence-electron chi connectivity index (χ2n) is 4.49. The highest BCUT2D eigenvalue weighted by atomic mass is 16.2. The van der Waals surface area contributed by atoms with Crippen molar-refractivity contribution < 1.29 is 9.59 Å². The molecule has 0 bridgehead atoms. The first-order valence-electron chi connectivity index (χ1n) is 5.74. The normalized spacial score (nSPS) is 17.2. The Bertz CT molecular complexity index is 431. The molecule has 92 valence electrons. The zero-order valence-corrected chi connectivity index (χ0v) is 10.2. The highest BCUT2D eigenvalue weighted by Crippen LogP contribution is 2.11. The minimum absolute atomic E-state index is 0.0192. The number of aromatic amines is 1. The molecule has 1 aromatic rings. The molecule has 1 aliphatic rings. The van der Waals surface area contributed by atoms with Crippen molar-refractivity contribution in [3.8, 4) is 0 Å². The van der Waals surface area contributed by atoms with E-state index in [1.807, 2.05) is 18.9 Å². The predicted octanol–water partition coefficient (Wildman–Crippen LogP) is 0.523. The molecule has 0 atom stereocenters. The predicted molar refractivity (Wildman–Crippen MR) is 64.3 cm³/mol. The Kier molecular flexibility index (Phi) is 3.28. The van der Waals surface area contributed by atoms with Gasteiger partial charge in [-0.15, -0.1) is 0 Å². The average Bonchev–Trinajstić information content (AvgIpc) is 2.70. The van der Waals surface area contributed by atoms with Crippen LogP contribution in [0.3, 0.4) is 0 Å². The summed E-state index contributed by atoms with van der Waals surface area (Å²) in [6, 6.07) is 1.74. The topological polar surface area (TPSA) is 56.4 Å². The summed E-state index contributed by atoms with van der Waals surface area (Å²) in [5.41, 5.74) is 1.81. The third-order valence-corrected chi connectivity index (χ3v) is 3.19. The maximum atomic E-state index is 12.1. The number of carbonyl (C=O) groups excluding carboxylic acids is 2. The van der Waals surface area contributed by atoms with E-state index in [1.54, 1.807) is 6.07 Å². The number of nitrogens with one attached hydrogen (secondary N) is 1. The number of carbonyl (C=O) groups is 2. The van der Waals surface area contributed by atoms with Crippen molar-refractivity contribution in [3.63, 3.8) is 0 Å². The van der Waals surface area contributed by atoms with Gasteiger partial charge >= 0.3 is 0 Å². The first kappa shape index (κ1) is 11.9. The summed E-state index contributed by atoms with van der Waals surface area (Å²) >= 11 is 0. The van der Waals surface area contributed by atoms with E-state index < -0.39 is 0 Å². The highest BCUT2D eigenvalue weighted by molar-refractivity contribution is 5.94. The molecule has 1 aliphatic heterocycles. The molecule has 1 aromatic heterocycles. The van der Waals surface area contributed by atoms with Crippen molar-refractivity contribution in [3.05, 3.63) is 23.0 Å². The molecule has 0 radical (unpaired) electrons. The monoisotopic (exact) mass is 235 g/mol. The fraction of sp³-hybridized carbons (Fsp3) is 0.500. The standard InChI is InChI=1S/C12H17N3O2/c1-9-7-10(13-11(9)8-16)12(17)15-5-3-14(2)4-6-15/h7-8,13H,3-6H2,1-2H3. The molecule has 17 heavy (non-hydrogen) atoms. The fourth-order valence-corrected chi connectivity index (χ4v) is 1.99. The minimum atomic E-state index is -0.0192. The van der Waals surface area contributed by atoms with Crippen molar-refractivity contribution in [2.45, 2.75) is 6.92 Å². The van der Waals surface area contributed by atoms with Crippen LogP contribution in [0, 0.1) is 6.92 Å². The van der Waals surface area contributed by atoms with Gasteiger partial charge in [0, 0.05) is 26.2 Å². The molecule has 2 rings (SSSR count). The van der Waals surface area contributed by atoms with Crippen LogP contribution >= 0.6 is 0 Å². The Hall–Kier alpha value is -1.62. The van der Waals surface area contributed by atoms with E-state index in [1.165, 1.54) is 0 Å². The maximum Gasteiger partial charge on any atom is 0.270 e. The number of amides is 1. The lowest BCUT2D eigenvalue weighted by Gasteiger charge is -2.32. The number of rotatable bonds is 2. The molecule has 5 heteroatoms. The first-order valence-corrected chi connectivity index (χ1v) is 5.74. The molecular weight excluding hydrogens is 218 g/mol. The second kappa shape index (κ2) is 4.71. The minimum Gasteiger partial charge on any atom is -0.348 e. The largest absolute Gasteiger partial charge is 0.348 e. The van der Waals surface area contributed by atoms with Gasteiger partial charge in [-0.1, -0.05) is 0 Å². The van der Waals surface area contributed by atoms with Gasteiger partial charge < -0.3 is 14.8 Å². The Labute approximate surface area is 100 Å². The molecule has 0 unspecified atom stereocenters. The van der Waals surface area contributed by atoms with E-state index in [0.717, 1.165) is 38.0 Å². The summed E-state index contributed by atoms with van der Waals surface area (Å²) in [4.78, 5) is 29.7. The Balaban J connectivity index is 2.11. The molecule has 0 aliphatic carbocycles. The molecule has 5 nitrogen and oxygen atoms in total. The van der Waals surface area contributed by atoms with Gasteiger partial charge in [0.15, 0.2) is 6.29 Å². The summed E-state index contributed by atoms with van der Waals surface area (Å²) in [6.45, 7) is 5.09. The van der Waals surface area contributed by atoms with Crippen LogP contribution in [0.4, 0.5) is 0 Å². The van der Waals surface area contributed by atoms with E-state index in [9.17, 15) is 9.59 Å². The van der Waals surface area contributed by atoms with Gasteiger partial charge in [0.2, 0.25) is 0 Å². The van der Waals surface area contributed by atoms with Crippen molar-refractivity contribution in [2.75, 3.05) is 33.2 Å². The lowest BCUT2D eigenvalue weighted by molar-refractivity contribution is 0.0659. The van der Waals surface area contributed by atoms with Crippen LogP contribution in [0.2, 0.25) is 0 Å². The first-order chi connectivity index (χ1) is 8.11. The SMILES string of the molecule is Cc1cc(C(=O)N2CCN(C)CC2)[nH]c1C=O. The van der Waals surface area contributed by atoms with Crippen molar-refractivity contribution in [1.82, 2.24) is 14.8 Å². The average molecular weight is 235 g/mol. The van der Waals surface area contributed by atoms with Gasteiger partial charge in [-0.2, -0.15) is 0 Å². The zero-order chi connectivity index (χ0) is 12.4. The van der Waals surface area contributed by atoms with Crippen LogP contribution < -0.4 is 0 Å². The van der Waals surface area contributed by atoms with E-state index in [-0.39, 0.29) is 5.91 Å². The fourth-order valence-electron chi connectivity index (χ4n) is 1.99. The number of likely N-dealkylation sites (N-methyl/N-ethyl adjacent to an activating group) is 1. The van der Waals surface area contributed by atoms with Crippen molar-refractivity contribution in [2.24, 2.45) is 0 Å². The Morgan fingerprint density at radius 1 is 1.35 bits per heavy atom. The van der Waals surface area contributed by atoms with E-state index in [0.29, 0.717) is 11.4 Å². The number of H-pyrrole nitrogens is 1. The van der Waals surface area contributed by atoms with Crippen LogP contribution in [-0.4, -0.2) is 60.2 Å². The molecule has 1 saturated heterocycles. The van der Waals surface area contributed by atoms with Crippen LogP contribution in [0.5, 0.6) is 0 Å². The molecule has 0 aromatic carbocycles. The van der Waals surface area contributed by atoms with E-state index >= 15 is 0 Å². The number of nitrogens with zero attached hydrogens (tertiary/aromatic N) is 2. The molecule has 0 saturated carbocycles. The van der Waals surface area contributed by atoms with Gasteiger partial charge in [-0.3, -0.25) is 9.59 Å². The van der Waals surface area contributed by atoms with Crippen molar-refractivity contribution >= 4 is 12.2 Å². The summed E-state index contributed by atoms with van der Waals surface area (Å²) in [6.07, 6.45) is 0.746. The number of aldehydes is 1. The smallest absolute Gasteiger partial charge is 0.270 e. The Morgan fingerprint density at radius 2 is 2.00 bits per heavy atom.